The number of fused-ring (bicyclic) bond motifs is 1. The first kappa shape index (κ1) is 18.8. The van der Waals surface area contributed by atoms with Gasteiger partial charge >= 0.3 is 0 Å². The minimum Gasteiger partial charge on any atom is -0.396 e. The number of aliphatic hydroxyl groups is 1. The van der Waals surface area contributed by atoms with E-state index in [1.165, 1.54) is 11.2 Å². The van der Waals surface area contributed by atoms with Crippen LogP contribution in [0.4, 0.5) is 5.69 Å². The molecule has 0 saturated carbocycles. The summed E-state index contributed by atoms with van der Waals surface area (Å²) in [6.45, 7) is 2.38. The molecule has 0 aromatic heterocycles. The molecular formula is C17H23BrN2O4S. The van der Waals surface area contributed by atoms with Gasteiger partial charge in [0.2, 0.25) is 15.9 Å². The van der Waals surface area contributed by atoms with Crippen LogP contribution in [-0.2, 0) is 21.2 Å². The van der Waals surface area contributed by atoms with E-state index in [0.29, 0.717) is 36.1 Å². The van der Waals surface area contributed by atoms with E-state index in [9.17, 15) is 18.3 Å². The molecule has 0 bridgehead atoms. The summed E-state index contributed by atoms with van der Waals surface area (Å²) in [7, 11) is -3.75. The monoisotopic (exact) mass is 430 g/mol. The number of benzene rings is 1. The molecule has 0 aliphatic carbocycles. The summed E-state index contributed by atoms with van der Waals surface area (Å²) in [4.78, 5) is 13.7. The molecule has 8 heteroatoms. The largest absolute Gasteiger partial charge is 0.396 e. The van der Waals surface area contributed by atoms with Gasteiger partial charge in [0.05, 0.1) is 5.69 Å². The number of carbonyl (C=O) groups excluding carboxylic acids is 1. The predicted molar refractivity (Wildman–Crippen MR) is 99.1 cm³/mol. The molecule has 6 nitrogen and oxygen atoms in total. The van der Waals surface area contributed by atoms with Crippen molar-refractivity contribution in [1.82, 2.24) is 4.31 Å². The van der Waals surface area contributed by atoms with Crippen LogP contribution in [0.2, 0.25) is 0 Å². The van der Waals surface area contributed by atoms with Crippen LogP contribution in [0.3, 0.4) is 0 Å². The molecule has 138 valence electrons. The van der Waals surface area contributed by atoms with Gasteiger partial charge in [0, 0.05) is 37.1 Å². The van der Waals surface area contributed by atoms with E-state index in [4.69, 9.17) is 0 Å². The van der Waals surface area contributed by atoms with Gasteiger partial charge in [0.1, 0.15) is 4.90 Å². The van der Waals surface area contributed by atoms with Gasteiger partial charge in [-0.3, -0.25) is 4.79 Å². The maximum Gasteiger partial charge on any atom is 0.245 e. The number of nitrogens with zero attached hydrogens (tertiary/aromatic N) is 2. The minimum absolute atomic E-state index is 0.0349. The Kier molecular flexibility index (Phi) is 5.53. The SMILES string of the molecule is CC(=O)N1CCc2cc(Br)cc(S(=O)(=O)N3CCCCC3CCO)c21. The van der Waals surface area contributed by atoms with Crippen molar-refractivity contribution in [2.45, 2.75) is 50.0 Å². The lowest BCUT2D eigenvalue weighted by molar-refractivity contribution is -0.116. The molecule has 1 fully saturated rings. The summed E-state index contributed by atoms with van der Waals surface area (Å²) in [6.07, 6.45) is 3.62. The second-order valence-electron chi connectivity index (χ2n) is 6.61. The lowest BCUT2D eigenvalue weighted by Gasteiger charge is -2.35. The Morgan fingerprint density at radius 2 is 2.08 bits per heavy atom. The molecule has 0 spiro atoms. The van der Waals surface area contributed by atoms with Crippen molar-refractivity contribution in [1.29, 1.82) is 0 Å². The second-order valence-corrected chi connectivity index (χ2v) is 9.38. The molecule has 0 radical (unpaired) electrons. The summed E-state index contributed by atoms with van der Waals surface area (Å²) in [6, 6.07) is 3.30. The highest BCUT2D eigenvalue weighted by molar-refractivity contribution is 9.10. The molecule has 1 saturated heterocycles. The Bertz CT molecular complexity index is 779. The zero-order valence-corrected chi connectivity index (χ0v) is 16.6. The van der Waals surface area contributed by atoms with E-state index in [1.54, 1.807) is 11.0 Å². The van der Waals surface area contributed by atoms with E-state index in [1.807, 2.05) is 6.07 Å². The van der Waals surface area contributed by atoms with Crippen LogP contribution in [0.5, 0.6) is 0 Å². The number of hydrogen-bond acceptors (Lipinski definition) is 4. The van der Waals surface area contributed by atoms with E-state index in [2.05, 4.69) is 15.9 Å². The standard InChI is InChI=1S/C17H23BrN2O4S/c1-12(22)19-8-5-13-10-14(18)11-16(17(13)19)25(23,24)20-7-3-2-4-15(20)6-9-21/h10-11,15,21H,2-9H2,1H3. The van der Waals surface area contributed by atoms with Crippen LogP contribution >= 0.6 is 15.9 Å². The molecule has 1 N–H and O–H groups in total. The predicted octanol–water partition coefficient (Wildman–Crippen LogP) is 2.28. The third-order valence-electron chi connectivity index (χ3n) is 5.00. The van der Waals surface area contributed by atoms with Crippen molar-refractivity contribution in [3.05, 3.63) is 22.2 Å². The Morgan fingerprint density at radius 1 is 1.32 bits per heavy atom. The summed E-state index contributed by atoms with van der Waals surface area (Å²) in [5.74, 6) is -0.150. The summed E-state index contributed by atoms with van der Waals surface area (Å²) in [5, 5.41) is 9.30. The van der Waals surface area contributed by atoms with Crippen molar-refractivity contribution in [3.63, 3.8) is 0 Å². The first-order valence-corrected chi connectivity index (χ1v) is 10.8. The van der Waals surface area contributed by atoms with Crippen LogP contribution in [0.25, 0.3) is 0 Å². The van der Waals surface area contributed by atoms with Gasteiger partial charge < -0.3 is 10.0 Å². The number of sulfonamides is 1. The van der Waals surface area contributed by atoms with Crippen LogP contribution in [-0.4, -0.2) is 49.5 Å². The molecule has 1 aromatic carbocycles. The first-order valence-electron chi connectivity index (χ1n) is 8.59. The normalized spacial score (nSPS) is 21.4. The average molecular weight is 431 g/mol. The van der Waals surface area contributed by atoms with Gasteiger partial charge in [-0.25, -0.2) is 8.42 Å². The molecule has 1 unspecified atom stereocenters. The Balaban J connectivity index is 2.10. The highest BCUT2D eigenvalue weighted by atomic mass is 79.9. The maximum absolute atomic E-state index is 13.4. The molecular weight excluding hydrogens is 408 g/mol. The van der Waals surface area contributed by atoms with Gasteiger partial charge in [0.15, 0.2) is 0 Å². The molecule has 1 aromatic rings. The lowest BCUT2D eigenvalue weighted by Crippen LogP contribution is -2.44. The molecule has 2 heterocycles. The van der Waals surface area contributed by atoms with Crippen LogP contribution < -0.4 is 4.90 Å². The fourth-order valence-corrected chi connectivity index (χ4v) is 6.48. The Morgan fingerprint density at radius 3 is 2.76 bits per heavy atom. The summed E-state index contributed by atoms with van der Waals surface area (Å²) in [5.41, 5.74) is 1.39. The number of aliphatic hydroxyl groups excluding tert-OH is 1. The van der Waals surface area contributed by atoms with Gasteiger partial charge in [-0.2, -0.15) is 4.31 Å². The highest BCUT2D eigenvalue weighted by Crippen LogP contribution is 2.40. The van der Waals surface area contributed by atoms with Gasteiger partial charge in [-0.05, 0) is 43.4 Å². The van der Waals surface area contributed by atoms with Gasteiger partial charge in [-0.1, -0.05) is 22.4 Å². The summed E-state index contributed by atoms with van der Waals surface area (Å²) >= 11 is 3.41. The smallest absolute Gasteiger partial charge is 0.245 e. The van der Waals surface area contributed by atoms with E-state index in [0.717, 1.165) is 24.8 Å². The second kappa shape index (κ2) is 7.34. The third kappa shape index (κ3) is 3.49. The molecule has 3 rings (SSSR count). The van der Waals surface area contributed by atoms with E-state index >= 15 is 0 Å². The average Bonchev–Trinajstić information content (AvgIpc) is 2.98. The number of amides is 1. The number of piperidine rings is 1. The van der Waals surface area contributed by atoms with Gasteiger partial charge in [-0.15, -0.1) is 0 Å². The number of anilines is 1. The maximum atomic E-state index is 13.4. The third-order valence-corrected chi connectivity index (χ3v) is 7.42. The molecule has 25 heavy (non-hydrogen) atoms. The van der Waals surface area contributed by atoms with Gasteiger partial charge in [0.25, 0.3) is 0 Å². The Labute approximate surface area is 157 Å². The quantitative estimate of drug-likeness (QED) is 0.794. The molecule has 2 aliphatic heterocycles. The number of hydrogen-bond donors (Lipinski definition) is 1. The van der Waals surface area contributed by atoms with Crippen molar-refractivity contribution in [2.75, 3.05) is 24.6 Å². The molecule has 1 atom stereocenters. The van der Waals surface area contributed by atoms with E-state index < -0.39 is 10.0 Å². The van der Waals surface area contributed by atoms with Crippen molar-refractivity contribution >= 4 is 37.5 Å². The molecule has 1 amide bonds. The summed E-state index contributed by atoms with van der Waals surface area (Å²) < 4.78 is 29.1. The fraction of sp³-hybridized carbons (Fsp3) is 0.588. The zero-order chi connectivity index (χ0) is 18.2. The Hall–Kier alpha value is -0.960. The number of halogens is 1. The first-order chi connectivity index (χ1) is 11.9. The van der Waals surface area contributed by atoms with Crippen LogP contribution in [0, 0.1) is 0 Å². The van der Waals surface area contributed by atoms with Crippen molar-refractivity contribution in [2.24, 2.45) is 0 Å². The number of carbonyl (C=O) groups is 1. The number of rotatable bonds is 4. The van der Waals surface area contributed by atoms with Crippen molar-refractivity contribution in [3.8, 4) is 0 Å². The van der Waals surface area contributed by atoms with E-state index in [-0.39, 0.29) is 23.5 Å². The van der Waals surface area contributed by atoms with Crippen LogP contribution in [0.15, 0.2) is 21.5 Å². The highest BCUT2D eigenvalue weighted by Gasteiger charge is 2.38. The fourth-order valence-electron chi connectivity index (χ4n) is 3.84. The van der Waals surface area contributed by atoms with Crippen LogP contribution in [0.1, 0.15) is 38.2 Å². The molecule has 2 aliphatic rings. The zero-order valence-electron chi connectivity index (χ0n) is 14.2. The van der Waals surface area contributed by atoms with Crippen molar-refractivity contribution < 1.29 is 18.3 Å². The topological polar surface area (TPSA) is 77.9 Å². The minimum atomic E-state index is -3.75. The lowest BCUT2D eigenvalue weighted by atomic mass is 10.0.